The maximum Gasteiger partial charge on any atom is 0.275 e. The van der Waals surface area contributed by atoms with Crippen LogP contribution in [0.4, 0.5) is 10.2 Å². The molecule has 1 aliphatic rings. The van der Waals surface area contributed by atoms with Gasteiger partial charge in [0.15, 0.2) is 5.82 Å². The van der Waals surface area contributed by atoms with Gasteiger partial charge in [0.25, 0.3) is 15.6 Å². The second kappa shape index (κ2) is 7.86. The van der Waals surface area contributed by atoms with Gasteiger partial charge in [-0.25, -0.2) is 26.8 Å². The van der Waals surface area contributed by atoms with E-state index >= 15 is 0 Å². The van der Waals surface area contributed by atoms with E-state index < -0.39 is 15.8 Å². The van der Waals surface area contributed by atoms with E-state index in [4.69, 9.17) is 11.6 Å². The first-order valence-corrected chi connectivity index (χ1v) is 11.9. The molecule has 0 saturated carbocycles. The van der Waals surface area contributed by atoms with E-state index in [-0.39, 0.29) is 34.3 Å². The number of benzene rings is 2. The summed E-state index contributed by atoms with van der Waals surface area (Å²) in [6.07, 6.45) is 1.67. The maximum absolute atomic E-state index is 13.6. The fourth-order valence-corrected chi connectivity index (χ4v) is 5.53. The number of anilines is 1. The number of hydrogen-bond acceptors (Lipinski definition) is 4. The highest BCUT2D eigenvalue weighted by Gasteiger charge is 2.33. The van der Waals surface area contributed by atoms with Crippen LogP contribution in [0.15, 0.2) is 70.5 Å². The Kier molecular flexibility index (Phi) is 5.10. The zero-order valence-corrected chi connectivity index (χ0v) is 19.0. The first-order chi connectivity index (χ1) is 15.8. The largest absolute Gasteiger partial charge is 0.290 e. The zero-order chi connectivity index (χ0) is 23.3. The van der Waals surface area contributed by atoms with Crippen molar-refractivity contribution in [2.24, 2.45) is 0 Å². The number of halogens is 2. The van der Waals surface area contributed by atoms with Gasteiger partial charge in [-0.2, -0.15) is 0 Å². The number of pyridine rings is 1. The predicted octanol–water partition coefficient (Wildman–Crippen LogP) is 4.08. The molecule has 168 valence electrons. The first kappa shape index (κ1) is 21.4. The molecule has 3 heterocycles. The summed E-state index contributed by atoms with van der Waals surface area (Å²) in [5, 5.41) is 2.93. The number of sulfonamides is 1. The van der Waals surface area contributed by atoms with E-state index in [0.717, 1.165) is 5.56 Å². The molecule has 1 aliphatic heterocycles. The van der Waals surface area contributed by atoms with E-state index in [1.165, 1.54) is 33.4 Å². The SMILES string of the molecule is Cc1ccc(S(=O)(=O)N2CCc3c([nH]n(-c4ccc(F)c(Cl)c4)c3=O)-c3cccnc32)cc1. The van der Waals surface area contributed by atoms with E-state index in [0.29, 0.717) is 22.5 Å². The maximum atomic E-state index is 13.6. The molecule has 0 atom stereocenters. The number of aryl methyl sites for hydroxylation is 1. The topological polar surface area (TPSA) is 88.1 Å². The van der Waals surface area contributed by atoms with Gasteiger partial charge in [-0.05, 0) is 55.8 Å². The smallest absolute Gasteiger partial charge is 0.275 e. The Morgan fingerprint density at radius 1 is 1.12 bits per heavy atom. The van der Waals surface area contributed by atoms with Crippen LogP contribution in [0, 0.1) is 12.7 Å². The fourth-order valence-electron chi connectivity index (χ4n) is 3.91. The number of hydrogen-bond donors (Lipinski definition) is 1. The van der Waals surface area contributed by atoms with Gasteiger partial charge < -0.3 is 0 Å². The fraction of sp³-hybridized carbons (Fsp3) is 0.130. The van der Waals surface area contributed by atoms with E-state index in [1.807, 2.05) is 6.92 Å². The van der Waals surface area contributed by atoms with Crippen LogP contribution in [-0.2, 0) is 16.4 Å². The number of fused-ring (bicyclic) bond motifs is 3. The Balaban J connectivity index is 1.66. The minimum Gasteiger partial charge on any atom is -0.290 e. The average molecular weight is 485 g/mol. The van der Waals surface area contributed by atoms with Gasteiger partial charge in [-0.1, -0.05) is 29.3 Å². The average Bonchev–Trinajstić information content (AvgIpc) is 3.02. The van der Waals surface area contributed by atoms with Crippen LogP contribution in [0.5, 0.6) is 0 Å². The molecule has 4 aromatic rings. The van der Waals surface area contributed by atoms with E-state index in [9.17, 15) is 17.6 Å². The molecule has 10 heteroatoms. The minimum atomic E-state index is -3.91. The molecule has 0 aliphatic carbocycles. The molecule has 0 saturated heterocycles. The molecule has 1 N–H and O–H groups in total. The van der Waals surface area contributed by atoms with Gasteiger partial charge in [0.1, 0.15) is 5.82 Å². The molecule has 2 aromatic carbocycles. The molecule has 0 bridgehead atoms. The molecule has 0 amide bonds. The van der Waals surface area contributed by atoms with Crippen molar-refractivity contribution in [2.75, 3.05) is 10.8 Å². The van der Waals surface area contributed by atoms with Gasteiger partial charge in [0.05, 0.1) is 21.3 Å². The van der Waals surface area contributed by atoms with Crippen molar-refractivity contribution in [1.29, 1.82) is 0 Å². The third kappa shape index (κ3) is 3.53. The van der Waals surface area contributed by atoms with Crippen molar-refractivity contribution >= 4 is 27.4 Å². The highest BCUT2D eigenvalue weighted by molar-refractivity contribution is 7.92. The van der Waals surface area contributed by atoms with Crippen molar-refractivity contribution in [3.8, 4) is 16.9 Å². The monoisotopic (exact) mass is 484 g/mol. The summed E-state index contributed by atoms with van der Waals surface area (Å²) in [7, 11) is -3.91. The van der Waals surface area contributed by atoms with Crippen LogP contribution in [0.1, 0.15) is 11.1 Å². The van der Waals surface area contributed by atoms with Gasteiger partial charge in [-0.15, -0.1) is 0 Å². The lowest BCUT2D eigenvalue weighted by Crippen LogP contribution is -2.34. The van der Waals surface area contributed by atoms with Crippen molar-refractivity contribution in [2.45, 2.75) is 18.2 Å². The highest BCUT2D eigenvalue weighted by Crippen LogP contribution is 2.36. The Morgan fingerprint density at radius 3 is 2.61 bits per heavy atom. The second-order valence-electron chi connectivity index (χ2n) is 7.72. The lowest BCUT2D eigenvalue weighted by molar-refractivity contribution is 0.590. The first-order valence-electron chi connectivity index (χ1n) is 10.1. The molecule has 7 nitrogen and oxygen atoms in total. The molecule has 5 rings (SSSR count). The summed E-state index contributed by atoms with van der Waals surface area (Å²) >= 11 is 5.90. The Hall–Kier alpha value is -3.43. The number of nitrogens with one attached hydrogen (secondary N) is 1. The lowest BCUT2D eigenvalue weighted by Gasteiger charge is -2.23. The number of aromatic amines is 1. The third-order valence-corrected chi connectivity index (χ3v) is 7.71. The van der Waals surface area contributed by atoms with Crippen LogP contribution in [0.3, 0.4) is 0 Å². The summed E-state index contributed by atoms with van der Waals surface area (Å²) in [6, 6.07) is 13.9. The number of aromatic nitrogens is 3. The van der Waals surface area contributed by atoms with E-state index in [2.05, 4.69) is 10.1 Å². The van der Waals surface area contributed by atoms with Crippen LogP contribution in [0.25, 0.3) is 16.9 Å². The van der Waals surface area contributed by atoms with Gasteiger partial charge in [-0.3, -0.25) is 9.89 Å². The molecule has 2 aromatic heterocycles. The summed E-state index contributed by atoms with van der Waals surface area (Å²) in [4.78, 5) is 17.7. The predicted molar refractivity (Wildman–Crippen MR) is 124 cm³/mol. The summed E-state index contributed by atoms with van der Waals surface area (Å²) in [6.45, 7) is 1.91. The highest BCUT2D eigenvalue weighted by atomic mass is 35.5. The lowest BCUT2D eigenvalue weighted by atomic mass is 10.1. The van der Waals surface area contributed by atoms with Gasteiger partial charge >= 0.3 is 0 Å². The van der Waals surface area contributed by atoms with Crippen molar-refractivity contribution in [3.05, 3.63) is 93.1 Å². The standard InChI is InChI=1S/C23H18ClFN4O3S/c1-14-4-7-16(8-5-14)33(31,32)28-12-10-18-21(17-3-2-11-26-22(17)28)27-29(23(18)30)15-6-9-20(25)19(24)13-15/h2-9,11,13,27H,10,12H2,1H3. The van der Waals surface area contributed by atoms with Crippen LogP contribution in [0.2, 0.25) is 5.02 Å². The molecule has 0 radical (unpaired) electrons. The van der Waals surface area contributed by atoms with Crippen molar-refractivity contribution in [3.63, 3.8) is 0 Å². The zero-order valence-electron chi connectivity index (χ0n) is 17.4. The van der Waals surface area contributed by atoms with Crippen molar-refractivity contribution in [1.82, 2.24) is 14.8 Å². The second-order valence-corrected chi connectivity index (χ2v) is 9.99. The summed E-state index contributed by atoms with van der Waals surface area (Å²) in [5.41, 5.74) is 2.30. The molecule has 0 unspecified atom stereocenters. The summed E-state index contributed by atoms with van der Waals surface area (Å²) in [5.74, 6) is -0.365. The van der Waals surface area contributed by atoms with Gasteiger partial charge in [0.2, 0.25) is 0 Å². The Morgan fingerprint density at radius 2 is 1.88 bits per heavy atom. The quantitative estimate of drug-likeness (QED) is 0.474. The molecular formula is C23H18ClFN4O3S. The molecule has 0 spiro atoms. The number of nitrogens with zero attached hydrogens (tertiary/aromatic N) is 3. The van der Waals surface area contributed by atoms with Crippen LogP contribution in [-0.4, -0.2) is 29.7 Å². The third-order valence-electron chi connectivity index (χ3n) is 5.61. The molecule has 33 heavy (non-hydrogen) atoms. The van der Waals surface area contributed by atoms with Gasteiger partial charge in [0, 0.05) is 23.9 Å². The number of rotatable bonds is 3. The normalized spacial score (nSPS) is 13.4. The van der Waals surface area contributed by atoms with E-state index in [1.54, 1.807) is 36.4 Å². The van der Waals surface area contributed by atoms with Crippen molar-refractivity contribution < 1.29 is 12.8 Å². The van der Waals surface area contributed by atoms with Crippen LogP contribution >= 0.6 is 11.6 Å². The Labute approximate surface area is 194 Å². The van der Waals surface area contributed by atoms with Crippen LogP contribution < -0.4 is 9.86 Å². The minimum absolute atomic E-state index is 0.0322. The summed E-state index contributed by atoms with van der Waals surface area (Å²) < 4.78 is 43.1. The molecule has 0 fully saturated rings. The Bertz CT molecular complexity index is 1540. The number of H-pyrrole nitrogens is 1. The molecular weight excluding hydrogens is 467 g/mol.